The van der Waals surface area contributed by atoms with Gasteiger partial charge in [0.05, 0.1) is 5.39 Å². The van der Waals surface area contributed by atoms with Gasteiger partial charge in [0.1, 0.15) is 11.3 Å². The third-order valence-electron chi connectivity index (χ3n) is 3.34. The van der Waals surface area contributed by atoms with Gasteiger partial charge in [-0.25, -0.2) is 9.59 Å². The van der Waals surface area contributed by atoms with Crippen LogP contribution in [0.3, 0.4) is 0 Å². The third kappa shape index (κ3) is 2.23. The predicted octanol–water partition coefficient (Wildman–Crippen LogP) is 2.72. The fourth-order valence-corrected chi connectivity index (χ4v) is 2.36. The van der Waals surface area contributed by atoms with Crippen LogP contribution in [-0.4, -0.2) is 17.7 Å². The van der Waals surface area contributed by atoms with Gasteiger partial charge in [-0.2, -0.15) is 0 Å². The van der Waals surface area contributed by atoms with Gasteiger partial charge in [-0.15, -0.1) is 0 Å². The average Bonchev–Trinajstić information content (AvgIpc) is 2.47. The second-order valence-electron chi connectivity index (χ2n) is 4.68. The van der Waals surface area contributed by atoms with Crippen LogP contribution in [0.4, 0.5) is 0 Å². The molecule has 21 heavy (non-hydrogen) atoms. The number of rotatable bonds is 3. The zero-order valence-corrected chi connectivity index (χ0v) is 11.3. The van der Waals surface area contributed by atoms with Crippen molar-refractivity contribution in [1.29, 1.82) is 0 Å². The van der Waals surface area contributed by atoms with Gasteiger partial charge in [0.15, 0.2) is 6.61 Å². The molecular weight excluding hydrogens is 272 g/mol. The average molecular weight is 284 g/mol. The molecule has 3 aromatic rings. The number of benzene rings is 2. The van der Waals surface area contributed by atoms with Crippen molar-refractivity contribution in [2.75, 3.05) is 6.61 Å². The molecule has 0 bridgehead atoms. The van der Waals surface area contributed by atoms with Gasteiger partial charge >= 0.3 is 11.6 Å². The third-order valence-corrected chi connectivity index (χ3v) is 3.34. The van der Waals surface area contributed by atoms with Crippen LogP contribution in [0.15, 0.2) is 45.6 Å². The molecular formula is C16H12O5. The number of aryl methyl sites for hydroxylation is 1. The van der Waals surface area contributed by atoms with E-state index < -0.39 is 18.2 Å². The Labute approximate surface area is 119 Å². The Morgan fingerprint density at radius 2 is 1.86 bits per heavy atom. The topological polar surface area (TPSA) is 76.7 Å². The van der Waals surface area contributed by atoms with E-state index in [1.165, 1.54) is 0 Å². The van der Waals surface area contributed by atoms with Crippen molar-refractivity contribution in [1.82, 2.24) is 0 Å². The fraction of sp³-hybridized carbons (Fsp3) is 0.125. The SMILES string of the molecule is Cc1c(OCC(=O)O)ccc2c1oc(=O)c1ccccc12. The van der Waals surface area contributed by atoms with E-state index in [0.717, 1.165) is 10.8 Å². The Morgan fingerprint density at radius 3 is 2.57 bits per heavy atom. The van der Waals surface area contributed by atoms with Crippen LogP contribution in [0.25, 0.3) is 21.7 Å². The van der Waals surface area contributed by atoms with E-state index in [-0.39, 0.29) is 0 Å². The first-order valence-corrected chi connectivity index (χ1v) is 6.37. The highest BCUT2D eigenvalue weighted by atomic mass is 16.5. The maximum absolute atomic E-state index is 12.0. The second kappa shape index (κ2) is 4.94. The molecule has 0 aliphatic rings. The molecule has 0 spiro atoms. The molecule has 0 unspecified atom stereocenters. The molecule has 5 nitrogen and oxygen atoms in total. The molecule has 1 N–H and O–H groups in total. The first-order chi connectivity index (χ1) is 10.1. The highest BCUT2D eigenvalue weighted by molar-refractivity contribution is 6.05. The van der Waals surface area contributed by atoms with E-state index in [4.69, 9.17) is 14.3 Å². The van der Waals surface area contributed by atoms with Crippen molar-refractivity contribution in [2.45, 2.75) is 6.92 Å². The standard InChI is InChI=1S/C16H12O5/c1-9-13(20-8-14(17)18)7-6-11-10-4-2-3-5-12(10)16(19)21-15(9)11/h2-7H,8H2,1H3,(H,17,18). The Balaban J connectivity index is 2.27. The molecule has 106 valence electrons. The van der Waals surface area contributed by atoms with Crippen LogP contribution < -0.4 is 10.4 Å². The fourth-order valence-electron chi connectivity index (χ4n) is 2.36. The van der Waals surface area contributed by atoms with Gasteiger partial charge < -0.3 is 14.3 Å². The molecule has 0 fully saturated rings. The maximum Gasteiger partial charge on any atom is 0.344 e. The van der Waals surface area contributed by atoms with Crippen LogP contribution in [0.5, 0.6) is 5.75 Å². The van der Waals surface area contributed by atoms with Gasteiger partial charge in [0.2, 0.25) is 0 Å². The number of hydrogen-bond acceptors (Lipinski definition) is 4. The number of hydrogen-bond donors (Lipinski definition) is 1. The quantitative estimate of drug-likeness (QED) is 0.591. The zero-order chi connectivity index (χ0) is 15.0. The van der Waals surface area contributed by atoms with Crippen LogP contribution in [0.1, 0.15) is 5.56 Å². The van der Waals surface area contributed by atoms with Crippen LogP contribution in [0.2, 0.25) is 0 Å². The van der Waals surface area contributed by atoms with Gasteiger partial charge in [-0.3, -0.25) is 0 Å². The Kier molecular flexibility index (Phi) is 3.10. The molecule has 1 heterocycles. The summed E-state index contributed by atoms with van der Waals surface area (Å²) in [5, 5.41) is 10.8. The van der Waals surface area contributed by atoms with Crippen LogP contribution >= 0.6 is 0 Å². The lowest BCUT2D eigenvalue weighted by Gasteiger charge is -2.10. The van der Waals surface area contributed by atoms with Crippen molar-refractivity contribution in [3.63, 3.8) is 0 Å². The van der Waals surface area contributed by atoms with Gasteiger partial charge in [-0.1, -0.05) is 18.2 Å². The van der Waals surface area contributed by atoms with Crippen molar-refractivity contribution in [3.8, 4) is 5.75 Å². The molecule has 5 heteroatoms. The number of carboxylic acids is 1. The molecule has 3 rings (SSSR count). The largest absolute Gasteiger partial charge is 0.481 e. The number of ether oxygens (including phenoxy) is 1. The molecule has 0 aliphatic heterocycles. The monoisotopic (exact) mass is 284 g/mol. The van der Waals surface area contributed by atoms with Crippen molar-refractivity contribution in [2.24, 2.45) is 0 Å². The predicted molar refractivity (Wildman–Crippen MR) is 77.9 cm³/mol. The Bertz CT molecular complexity index is 908. The highest BCUT2D eigenvalue weighted by Crippen LogP contribution is 2.30. The van der Waals surface area contributed by atoms with E-state index in [9.17, 15) is 9.59 Å². The molecule has 0 saturated heterocycles. The number of carboxylic acid groups (broad SMARTS) is 1. The van der Waals surface area contributed by atoms with E-state index in [1.54, 1.807) is 31.2 Å². The number of fused-ring (bicyclic) bond motifs is 3. The highest BCUT2D eigenvalue weighted by Gasteiger charge is 2.12. The van der Waals surface area contributed by atoms with Crippen molar-refractivity contribution < 1.29 is 19.1 Å². The minimum absolute atomic E-state index is 0.392. The summed E-state index contributed by atoms with van der Waals surface area (Å²) in [4.78, 5) is 22.6. The lowest BCUT2D eigenvalue weighted by Crippen LogP contribution is -2.10. The van der Waals surface area contributed by atoms with E-state index in [1.807, 2.05) is 12.1 Å². The summed E-state index contributed by atoms with van der Waals surface area (Å²) in [5.74, 6) is -0.669. The summed E-state index contributed by atoms with van der Waals surface area (Å²) in [5.41, 5.74) is 0.606. The van der Waals surface area contributed by atoms with Gasteiger partial charge in [-0.05, 0) is 30.5 Å². The lowest BCUT2D eigenvalue weighted by molar-refractivity contribution is -0.139. The Morgan fingerprint density at radius 1 is 1.14 bits per heavy atom. The van der Waals surface area contributed by atoms with E-state index in [0.29, 0.717) is 22.3 Å². The summed E-state index contributed by atoms with van der Waals surface area (Å²) in [6, 6.07) is 10.7. The minimum Gasteiger partial charge on any atom is -0.481 e. The molecule has 0 aliphatic carbocycles. The molecule has 0 atom stereocenters. The second-order valence-corrected chi connectivity index (χ2v) is 4.68. The smallest absolute Gasteiger partial charge is 0.344 e. The Hall–Kier alpha value is -2.82. The van der Waals surface area contributed by atoms with E-state index >= 15 is 0 Å². The van der Waals surface area contributed by atoms with Crippen LogP contribution in [-0.2, 0) is 4.79 Å². The summed E-state index contributed by atoms with van der Waals surface area (Å²) in [6.07, 6.45) is 0. The number of carbonyl (C=O) groups is 1. The van der Waals surface area contributed by atoms with E-state index in [2.05, 4.69) is 0 Å². The van der Waals surface area contributed by atoms with Crippen molar-refractivity contribution >= 4 is 27.7 Å². The molecule has 0 amide bonds. The molecule has 0 radical (unpaired) electrons. The molecule has 1 aromatic heterocycles. The summed E-state index contributed by atoms with van der Waals surface area (Å²) < 4.78 is 10.6. The summed E-state index contributed by atoms with van der Waals surface area (Å²) in [6.45, 7) is 1.29. The van der Waals surface area contributed by atoms with Gasteiger partial charge in [0, 0.05) is 10.9 Å². The first kappa shape index (κ1) is 13.2. The van der Waals surface area contributed by atoms with Crippen LogP contribution in [0, 0.1) is 6.92 Å². The van der Waals surface area contributed by atoms with Crippen molar-refractivity contribution in [3.05, 3.63) is 52.4 Å². The normalized spacial score (nSPS) is 10.9. The molecule has 2 aromatic carbocycles. The zero-order valence-electron chi connectivity index (χ0n) is 11.3. The summed E-state index contributed by atoms with van der Waals surface area (Å²) in [7, 11) is 0. The molecule has 0 saturated carbocycles. The summed E-state index contributed by atoms with van der Waals surface area (Å²) >= 11 is 0. The first-order valence-electron chi connectivity index (χ1n) is 6.37. The van der Waals surface area contributed by atoms with Gasteiger partial charge in [0.25, 0.3) is 0 Å². The lowest BCUT2D eigenvalue weighted by atomic mass is 10.0. The number of aliphatic carboxylic acids is 1. The maximum atomic E-state index is 12.0. The minimum atomic E-state index is -1.06.